The molecule has 0 fully saturated rings. The molecule has 2 aromatic heterocycles. The molecular formula is C25H34N4OS. The Balaban J connectivity index is 1.88. The molecule has 0 aromatic carbocycles. The maximum absolute atomic E-state index is 12.8. The van der Waals surface area contributed by atoms with Gasteiger partial charge in [0.15, 0.2) is 5.82 Å². The van der Waals surface area contributed by atoms with Crippen LogP contribution in [0.4, 0.5) is 0 Å². The predicted molar refractivity (Wildman–Crippen MR) is 131 cm³/mol. The maximum atomic E-state index is 12.8. The van der Waals surface area contributed by atoms with Gasteiger partial charge in [-0.15, -0.1) is 11.3 Å². The number of imidazole rings is 1. The van der Waals surface area contributed by atoms with E-state index in [-0.39, 0.29) is 11.9 Å². The van der Waals surface area contributed by atoms with Crippen LogP contribution < -0.4 is 5.43 Å². The van der Waals surface area contributed by atoms with Gasteiger partial charge in [-0.3, -0.25) is 4.79 Å². The van der Waals surface area contributed by atoms with Crippen LogP contribution in [0, 0.1) is 19.8 Å². The van der Waals surface area contributed by atoms with Crippen molar-refractivity contribution in [2.24, 2.45) is 5.92 Å². The van der Waals surface area contributed by atoms with E-state index in [1.54, 1.807) is 16.2 Å². The molecule has 0 radical (unpaired) electrons. The van der Waals surface area contributed by atoms with E-state index in [4.69, 9.17) is 4.98 Å². The first-order valence-electron chi connectivity index (χ1n) is 11.4. The molecule has 6 heteroatoms. The molecule has 0 saturated carbocycles. The molecule has 0 unspecified atom stereocenters. The summed E-state index contributed by atoms with van der Waals surface area (Å²) in [6.45, 7) is 11.0. The van der Waals surface area contributed by atoms with Crippen LogP contribution >= 0.6 is 11.3 Å². The van der Waals surface area contributed by atoms with Crippen LogP contribution in [0.25, 0.3) is 22.4 Å². The fraction of sp³-hybridized carbons (Fsp3) is 0.520. The molecule has 2 aromatic rings. The van der Waals surface area contributed by atoms with Crippen LogP contribution in [0.2, 0.25) is 0 Å². The molecule has 166 valence electrons. The van der Waals surface area contributed by atoms with Crippen molar-refractivity contribution in [3.8, 4) is 11.3 Å². The normalized spacial score (nSPS) is 17.6. The van der Waals surface area contributed by atoms with Gasteiger partial charge < -0.3 is 10.3 Å². The van der Waals surface area contributed by atoms with E-state index in [2.05, 4.69) is 56.9 Å². The van der Waals surface area contributed by atoms with Crippen molar-refractivity contribution in [1.29, 1.82) is 0 Å². The molecule has 3 heterocycles. The Morgan fingerprint density at radius 1 is 1.32 bits per heavy atom. The van der Waals surface area contributed by atoms with Crippen LogP contribution in [0.1, 0.15) is 66.9 Å². The molecule has 1 aliphatic carbocycles. The van der Waals surface area contributed by atoms with Gasteiger partial charge in [0.2, 0.25) is 0 Å². The van der Waals surface area contributed by atoms with E-state index in [0.717, 1.165) is 53.3 Å². The summed E-state index contributed by atoms with van der Waals surface area (Å²) in [5.41, 5.74) is 10.6. The number of thiophene rings is 1. The van der Waals surface area contributed by atoms with Gasteiger partial charge in [-0.25, -0.2) is 9.66 Å². The average Bonchev–Trinajstić information content (AvgIpc) is 3.23. The molecule has 4 rings (SSSR count). The molecule has 0 spiro atoms. The zero-order valence-electron chi connectivity index (χ0n) is 19.8. The Hall–Kier alpha value is -2.34. The van der Waals surface area contributed by atoms with Crippen molar-refractivity contribution in [3.63, 3.8) is 0 Å². The number of carbonyl (C=O) groups excluding carboxylic acids is 1. The Bertz CT molecular complexity index is 1080. The SMILES string of the molecule is CCC(CC)C1=C[C@H](C)Nn2c1nc(C)c2-c1c(C)sc2c1CCC=C2C(=O)N(C)C. The van der Waals surface area contributed by atoms with Gasteiger partial charge in [-0.2, -0.15) is 0 Å². The second-order valence-corrected chi connectivity index (χ2v) is 10.2. The summed E-state index contributed by atoms with van der Waals surface area (Å²) in [6, 6.07) is 0.246. The van der Waals surface area contributed by atoms with Gasteiger partial charge in [-0.05, 0) is 63.5 Å². The summed E-state index contributed by atoms with van der Waals surface area (Å²) in [5.74, 6) is 1.66. The monoisotopic (exact) mass is 438 g/mol. The first-order valence-corrected chi connectivity index (χ1v) is 12.2. The van der Waals surface area contributed by atoms with Gasteiger partial charge in [0, 0.05) is 29.4 Å². The van der Waals surface area contributed by atoms with Crippen molar-refractivity contribution in [1.82, 2.24) is 14.6 Å². The van der Waals surface area contributed by atoms with E-state index < -0.39 is 0 Å². The molecule has 2 aliphatic rings. The zero-order chi connectivity index (χ0) is 22.4. The van der Waals surface area contributed by atoms with Crippen molar-refractivity contribution in [3.05, 3.63) is 39.0 Å². The quantitative estimate of drug-likeness (QED) is 0.679. The summed E-state index contributed by atoms with van der Waals surface area (Å²) < 4.78 is 2.23. The summed E-state index contributed by atoms with van der Waals surface area (Å²) >= 11 is 1.75. The lowest BCUT2D eigenvalue weighted by molar-refractivity contribution is -0.122. The van der Waals surface area contributed by atoms with Crippen molar-refractivity contribution >= 4 is 28.4 Å². The number of aryl methyl sites for hydroxylation is 2. The van der Waals surface area contributed by atoms with Crippen molar-refractivity contribution in [2.75, 3.05) is 19.5 Å². The molecule has 1 N–H and O–H groups in total. The van der Waals surface area contributed by atoms with E-state index in [9.17, 15) is 4.79 Å². The Morgan fingerprint density at radius 2 is 2.03 bits per heavy atom. The number of nitrogens with one attached hydrogen (secondary N) is 1. The molecular weight excluding hydrogens is 404 g/mol. The number of allylic oxidation sites excluding steroid dienone is 2. The van der Waals surface area contributed by atoms with Gasteiger partial charge in [-0.1, -0.05) is 26.0 Å². The number of likely N-dealkylation sites (N-methyl/N-ethyl adjacent to an activating group) is 1. The van der Waals surface area contributed by atoms with Crippen molar-refractivity contribution in [2.45, 2.75) is 66.3 Å². The van der Waals surface area contributed by atoms with E-state index in [0.29, 0.717) is 5.92 Å². The summed E-state index contributed by atoms with van der Waals surface area (Å²) in [4.78, 5) is 21.9. The number of nitrogens with zero attached hydrogens (tertiary/aromatic N) is 3. The molecule has 1 aliphatic heterocycles. The van der Waals surface area contributed by atoms with Gasteiger partial charge in [0.1, 0.15) is 0 Å². The molecule has 1 atom stereocenters. The lowest BCUT2D eigenvalue weighted by Crippen LogP contribution is -2.31. The summed E-state index contributed by atoms with van der Waals surface area (Å²) in [5, 5.41) is 0. The second-order valence-electron chi connectivity index (χ2n) is 8.96. The standard InChI is InChI=1S/C25H34N4OS/c1-8-17(9-2)20-13-14(3)27-29-22(15(4)26-24(20)29)21-16(5)31-23-18(21)11-10-12-19(23)25(30)28(6)7/h12-14,17,27H,8-11H2,1-7H3/t14-/m0/s1. The number of amides is 1. The molecule has 0 saturated heterocycles. The number of hydrogen-bond acceptors (Lipinski definition) is 4. The van der Waals surface area contributed by atoms with Crippen LogP contribution in [-0.4, -0.2) is 40.6 Å². The molecule has 0 bridgehead atoms. The van der Waals surface area contributed by atoms with Crippen LogP contribution in [0.5, 0.6) is 0 Å². The lowest BCUT2D eigenvalue weighted by Gasteiger charge is -2.28. The van der Waals surface area contributed by atoms with Gasteiger partial charge in [0.25, 0.3) is 5.91 Å². The third-order valence-electron chi connectivity index (χ3n) is 6.54. The fourth-order valence-electron chi connectivity index (χ4n) is 5.01. The largest absolute Gasteiger partial charge is 0.345 e. The molecule has 5 nitrogen and oxygen atoms in total. The highest BCUT2D eigenvalue weighted by atomic mass is 32.1. The maximum Gasteiger partial charge on any atom is 0.254 e. The first kappa shape index (κ1) is 21.9. The van der Waals surface area contributed by atoms with E-state index in [1.165, 1.54) is 21.6 Å². The number of aromatic nitrogens is 2. The zero-order valence-corrected chi connectivity index (χ0v) is 20.6. The Labute approximate surface area is 189 Å². The van der Waals surface area contributed by atoms with Gasteiger partial charge in [0.05, 0.1) is 23.0 Å². The van der Waals surface area contributed by atoms with Crippen LogP contribution in [0.3, 0.4) is 0 Å². The minimum absolute atomic E-state index is 0.0893. The predicted octanol–water partition coefficient (Wildman–Crippen LogP) is 5.41. The number of carbonyl (C=O) groups is 1. The highest BCUT2D eigenvalue weighted by Gasteiger charge is 2.32. The second kappa shape index (κ2) is 8.30. The van der Waals surface area contributed by atoms with Crippen LogP contribution in [-0.2, 0) is 11.2 Å². The third kappa shape index (κ3) is 3.55. The highest BCUT2D eigenvalue weighted by molar-refractivity contribution is 7.14. The van der Waals surface area contributed by atoms with Crippen LogP contribution in [0.15, 0.2) is 12.2 Å². The summed E-state index contributed by atoms with van der Waals surface area (Å²) in [6.07, 6.45) is 8.54. The molecule has 1 amide bonds. The number of hydrogen-bond donors (Lipinski definition) is 1. The Morgan fingerprint density at radius 3 is 2.68 bits per heavy atom. The average molecular weight is 439 g/mol. The summed E-state index contributed by atoms with van der Waals surface area (Å²) in [7, 11) is 3.65. The fourth-order valence-corrected chi connectivity index (χ4v) is 6.25. The number of fused-ring (bicyclic) bond motifs is 2. The topological polar surface area (TPSA) is 50.2 Å². The number of rotatable bonds is 5. The van der Waals surface area contributed by atoms with Crippen molar-refractivity contribution < 1.29 is 4.79 Å². The minimum atomic E-state index is 0.0893. The third-order valence-corrected chi connectivity index (χ3v) is 7.72. The van der Waals surface area contributed by atoms with Gasteiger partial charge >= 0.3 is 0 Å². The smallest absolute Gasteiger partial charge is 0.254 e. The minimum Gasteiger partial charge on any atom is -0.345 e. The first-order chi connectivity index (χ1) is 14.8. The van der Waals surface area contributed by atoms with E-state index >= 15 is 0 Å². The lowest BCUT2D eigenvalue weighted by atomic mass is 9.90. The highest BCUT2D eigenvalue weighted by Crippen LogP contribution is 2.45. The molecule has 31 heavy (non-hydrogen) atoms. The van der Waals surface area contributed by atoms with E-state index in [1.807, 2.05) is 14.1 Å². The Kier molecular flexibility index (Phi) is 5.86.